The number of esters is 2. The third-order valence-corrected chi connectivity index (χ3v) is 6.07. The molecule has 184 valence electrons. The summed E-state index contributed by atoms with van der Waals surface area (Å²) in [6, 6.07) is 5.05. The van der Waals surface area contributed by atoms with E-state index in [-0.39, 0.29) is 26.1 Å². The molecule has 5 atom stereocenters. The molecule has 11 heteroatoms. The second-order valence-corrected chi connectivity index (χ2v) is 8.04. The number of rotatable bonds is 7. The standard InChI is InChI=1S/C23H28N2O9/c1-3-33-22(30)19-15(12-26)9-10-16-20(28)25(17(11-18(27)32-2)21(29)24(16)19)23(31)34-13-14-7-5-4-6-8-14/h4-8,12,15-17,19-20,28H,3,9-11,13H2,1-2H3/t15-,16+,17+,19+,20-/m1/s1. The van der Waals surface area contributed by atoms with E-state index < -0.39 is 60.6 Å². The largest absolute Gasteiger partial charge is 0.469 e. The molecule has 1 aromatic carbocycles. The molecular weight excluding hydrogens is 448 g/mol. The normalized spacial score (nSPS) is 26.3. The monoisotopic (exact) mass is 476 g/mol. The van der Waals surface area contributed by atoms with Crippen molar-refractivity contribution >= 4 is 30.2 Å². The molecule has 2 saturated heterocycles. The fourth-order valence-corrected chi connectivity index (χ4v) is 4.44. The number of carbonyl (C=O) groups excluding carboxylic acids is 5. The molecule has 1 N–H and O–H groups in total. The summed E-state index contributed by atoms with van der Waals surface area (Å²) in [6.07, 6.45) is -2.22. The van der Waals surface area contributed by atoms with Crippen LogP contribution in [0.2, 0.25) is 0 Å². The first kappa shape index (κ1) is 25.2. The van der Waals surface area contributed by atoms with Gasteiger partial charge in [-0.15, -0.1) is 0 Å². The summed E-state index contributed by atoms with van der Waals surface area (Å²) in [6.45, 7) is 1.50. The molecule has 0 unspecified atom stereocenters. The Morgan fingerprint density at radius 3 is 2.47 bits per heavy atom. The van der Waals surface area contributed by atoms with Gasteiger partial charge < -0.3 is 29.0 Å². The van der Waals surface area contributed by atoms with Gasteiger partial charge in [-0.3, -0.25) is 14.5 Å². The number of ether oxygens (including phenoxy) is 3. The van der Waals surface area contributed by atoms with E-state index in [1.54, 1.807) is 37.3 Å². The van der Waals surface area contributed by atoms with Crippen molar-refractivity contribution in [2.24, 2.45) is 5.92 Å². The van der Waals surface area contributed by atoms with Gasteiger partial charge in [-0.05, 0) is 25.3 Å². The molecule has 34 heavy (non-hydrogen) atoms. The number of nitrogens with zero attached hydrogens (tertiary/aromatic N) is 2. The molecule has 1 aromatic rings. The zero-order valence-corrected chi connectivity index (χ0v) is 19.0. The van der Waals surface area contributed by atoms with E-state index in [9.17, 15) is 29.1 Å². The van der Waals surface area contributed by atoms with Crippen LogP contribution in [0.25, 0.3) is 0 Å². The fourth-order valence-electron chi connectivity index (χ4n) is 4.44. The average molecular weight is 476 g/mol. The molecule has 2 aliphatic heterocycles. The Morgan fingerprint density at radius 1 is 1.15 bits per heavy atom. The van der Waals surface area contributed by atoms with Gasteiger partial charge in [-0.1, -0.05) is 30.3 Å². The van der Waals surface area contributed by atoms with Crippen LogP contribution in [0.5, 0.6) is 0 Å². The number of benzene rings is 1. The minimum Gasteiger partial charge on any atom is -0.469 e. The molecule has 2 fully saturated rings. The molecule has 2 amide bonds. The lowest BCUT2D eigenvalue weighted by Crippen LogP contribution is -2.73. The van der Waals surface area contributed by atoms with Crippen LogP contribution in [-0.4, -0.2) is 83.2 Å². The predicted molar refractivity (Wildman–Crippen MR) is 115 cm³/mol. The summed E-state index contributed by atoms with van der Waals surface area (Å²) >= 11 is 0. The fraction of sp³-hybridized carbons (Fsp3) is 0.522. The lowest BCUT2D eigenvalue weighted by atomic mass is 9.82. The van der Waals surface area contributed by atoms with Crippen LogP contribution in [-0.2, 0) is 40.0 Å². The quantitative estimate of drug-likeness (QED) is 0.341. The van der Waals surface area contributed by atoms with Gasteiger partial charge in [0.1, 0.15) is 25.0 Å². The van der Waals surface area contributed by atoms with Crippen LogP contribution in [0.1, 0.15) is 31.7 Å². The summed E-state index contributed by atoms with van der Waals surface area (Å²) < 4.78 is 15.1. The van der Waals surface area contributed by atoms with Crippen molar-refractivity contribution in [3.8, 4) is 0 Å². The van der Waals surface area contributed by atoms with E-state index >= 15 is 0 Å². The number of methoxy groups -OCH3 is 1. The van der Waals surface area contributed by atoms with Gasteiger partial charge in [0.2, 0.25) is 5.91 Å². The maximum atomic E-state index is 13.6. The summed E-state index contributed by atoms with van der Waals surface area (Å²) in [4.78, 5) is 64.9. The van der Waals surface area contributed by atoms with Crippen molar-refractivity contribution in [3.63, 3.8) is 0 Å². The topological polar surface area (TPSA) is 140 Å². The number of aldehydes is 1. The van der Waals surface area contributed by atoms with Gasteiger partial charge in [0, 0.05) is 5.92 Å². The number of carbonyl (C=O) groups is 5. The summed E-state index contributed by atoms with van der Waals surface area (Å²) in [5, 5.41) is 11.1. The summed E-state index contributed by atoms with van der Waals surface area (Å²) in [7, 11) is 1.12. The zero-order valence-electron chi connectivity index (χ0n) is 19.0. The molecule has 11 nitrogen and oxygen atoms in total. The van der Waals surface area contributed by atoms with Gasteiger partial charge >= 0.3 is 18.0 Å². The first-order valence-electron chi connectivity index (χ1n) is 11.0. The van der Waals surface area contributed by atoms with Gasteiger partial charge in [0.05, 0.1) is 26.2 Å². The molecule has 0 aliphatic carbocycles. The lowest BCUT2D eigenvalue weighted by Gasteiger charge is -2.53. The van der Waals surface area contributed by atoms with Gasteiger partial charge in [-0.25, -0.2) is 9.59 Å². The van der Waals surface area contributed by atoms with Crippen molar-refractivity contribution in [1.29, 1.82) is 0 Å². The number of piperazine rings is 1. The van der Waals surface area contributed by atoms with E-state index in [1.807, 2.05) is 0 Å². The van der Waals surface area contributed by atoms with E-state index in [1.165, 1.54) is 0 Å². The highest BCUT2D eigenvalue weighted by molar-refractivity contribution is 5.95. The maximum absolute atomic E-state index is 13.6. The van der Waals surface area contributed by atoms with Crippen LogP contribution in [0.15, 0.2) is 30.3 Å². The molecule has 0 bridgehead atoms. The number of piperidine rings is 1. The van der Waals surface area contributed by atoms with Crippen LogP contribution in [0.3, 0.4) is 0 Å². The number of hydrogen-bond acceptors (Lipinski definition) is 9. The second-order valence-electron chi connectivity index (χ2n) is 8.04. The van der Waals surface area contributed by atoms with E-state index in [2.05, 4.69) is 4.74 Å². The van der Waals surface area contributed by atoms with Crippen LogP contribution in [0.4, 0.5) is 4.79 Å². The van der Waals surface area contributed by atoms with Gasteiger partial charge in [-0.2, -0.15) is 0 Å². The Labute approximate surface area is 196 Å². The highest BCUT2D eigenvalue weighted by Gasteiger charge is 2.56. The SMILES string of the molecule is CCOC(=O)[C@@H]1[C@@H](C=O)CC[C@H]2[C@@H](O)N(C(=O)OCc3ccccc3)[C@@H](CC(=O)OC)C(=O)N12. The molecule has 2 heterocycles. The molecule has 0 saturated carbocycles. The first-order valence-corrected chi connectivity index (χ1v) is 11.0. The molecule has 0 aromatic heterocycles. The molecular formula is C23H28N2O9. The highest BCUT2D eigenvalue weighted by atomic mass is 16.6. The third kappa shape index (κ3) is 5.04. The van der Waals surface area contributed by atoms with Crippen LogP contribution < -0.4 is 0 Å². The Balaban J connectivity index is 1.93. The van der Waals surface area contributed by atoms with E-state index in [0.29, 0.717) is 11.8 Å². The van der Waals surface area contributed by atoms with Crippen molar-refractivity contribution in [1.82, 2.24) is 9.80 Å². The van der Waals surface area contributed by atoms with E-state index in [4.69, 9.17) is 9.47 Å². The number of amides is 2. The van der Waals surface area contributed by atoms with Crippen molar-refractivity contribution in [3.05, 3.63) is 35.9 Å². The molecule has 3 rings (SSSR count). The van der Waals surface area contributed by atoms with E-state index in [0.717, 1.165) is 16.9 Å². The number of aliphatic hydroxyl groups excluding tert-OH is 1. The van der Waals surface area contributed by atoms with Crippen molar-refractivity contribution in [2.45, 2.75) is 57.1 Å². The zero-order chi connectivity index (χ0) is 24.8. The summed E-state index contributed by atoms with van der Waals surface area (Å²) in [5.41, 5.74) is 0.689. The minimum absolute atomic E-state index is 0.0275. The number of aliphatic hydroxyl groups is 1. The second kappa shape index (κ2) is 11.1. The number of fused-ring (bicyclic) bond motifs is 1. The minimum atomic E-state index is -1.58. The van der Waals surface area contributed by atoms with Crippen LogP contribution >= 0.6 is 0 Å². The number of hydrogen-bond donors (Lipinski definition) is 1. The Bertz CT molecular complexity index is 922. The van der Waals surface area contributed by atoms with Gasteiger partial charge in [0.25, 0.3) is 0 Å². The summed E-state index contributed by atoms with van der Waals surface area (Å²) in [5.74, 6) is -3.22. The smallest absolute Gasteiger partial charge is 0.412 e. The van der Waals surface area contributed by atoms with Crippen molar-refractivity contribution < 1.29 is 43.3 Å². The maximum Gasteiger partial charge on any atom is 0.412 e. The Morgan fingerprint density at radius 2 is 1.85 bits per heavy atom. The Kier molecular flexibility index (Phi) is 8.21. The average Bonchev–Trinajstić information content (AvgIpc) is 2.85. The van der Waals surface area contributed by atoms with Crippen LogP contribution in [0, 0.1) is 5.92 Å². The Hall–Kier alpha value is -3.47. The highest BCUT2D eigenvalue weighted by Crippen LogP contribution is 2.36. The molecule has 2 aliphatic rings. The predicted octanol–water partition coefficient (Wildman–Crippen LogP) is 0.627. The first-order chi connectivity index (χ1) is 16.3. The molecule has 0 radical (unpaired) electrons. The molecule has 0 spiro atoms. The third-order valence-electron chi connectivity index (χ3n) is 6.07. The van der Waals surface area contributed by atoms with Crippen molar-refractivity contribution in [2.75, 3.05) is 13.7 Å². The van der Waals surface area contributed by atoms with Gasteiger partial charge in [0.15, 0.2) is 6.23 Å². The lowest BCUT2D eigenvalue weighted by molar-refractivity contribution is -0.189.